The summed E-state index contributed by atoms with van der Waals surface area (Å²) in [6.45, 7) is 3.43. The smallest absolute Gasteiger partial charge is 0.309 e. The summed E-state index contributed by atoms with van der Waals surface area (Å²) in [4.78, 5) is 36.6. The Morgan fingerprint density at radius 1 is 1.24 bits per heavy atom. The molecular formula is C17H22N4O4. The minimum absolute atomic E-state index is 0.0535. The minimum Gasteiger partial charge on any atom is -0.481 e. The molecule has 2 atom stereocenters. The zero-order valence-electron chi connectivity index (χ0n) is 14.0. The summed E-state index contributed by atoms with van der Waals surface area (Å²) < 4.78 is 5.33. The van der Waals surface area contributed by atoms with Crippen LogP contribution in [0.15, 0.2) is 12.4 Å². The van der Waals surface area contributed by atoms with E-state index in [4.69, 9.17) is 4.74 Å². The molecule has 1 aromatic heterocycles. The van der Waals surface area contributed by atoms with Crippen LogP contribution in [-0.4, -0.2) is 64.7 Å². The van der Waals surface area contributed by atoms with E-state index in [0.717, 1.165) is 25.9 Å². The third kappa shape index (κ3) is 3.30. The number of ether oxygens (including phenoxy) is 1. The van der Waals surface area contributed by atoms with Crippen molar-refractivity contribution in [3.63, 3.8) is 0 Å². The number of amides is 1. The molecule has 8 nitrogen and oxygen atoms in total. The second-order valence-corrected chi connectivity index (χ2v) is 7.00. The number of anilines is 1. The second-order valence-electron chi connectivity index (χ2n) is 7.00. The van der Waals surface area contributed by atoms with Crippen molar-refractivity contribution in [2.24, 2.45) is 11.8 Å². The van der Waals surface area contributed by atoms with Crippen molar-refractivity contribution in [2.45, 2.75) is 25.3 Å². The Labute approximate surface area is 145 Å². The molecule has 4 rings (SSSR count). The highest BCUT2D eigenvalue weighted by molar-refractivity contribution is 5.87. The first-order chi connectivity index (χ1) is 12.1. The van der Waals surface area contributed by atoms with E-state index in [2.05, 4.69) is 9.97 Å². The second kappa shape index (κ2) is 6.59. The average Bonchev–Trinajstić information content (AvgIpc) is 3.39. The number of hydrogen-bond acceptors (Lipinski definition) is 6. The zero-order chi connectivity index (χ0) is 17.4. The fourth-order valence-corrected chi connectivity index (χ4v) is 3.63. The molecule has 3 fully saturated rings. The van der Waals surface area contributed by atoms with E-state index in [-0.39, 0.29) is 12.3 Å². The number of carboxylic acid groups (broad SMARTS) is 1. The van der Waals surface area contributed by atoms with Gasteiger partial charge in [-0.3, -0.25) is 9.59 Å². The van der Waals surface area contributed by atoms with Crippen LogP contribution in [0.4, 0.5) is 5.95 Å². The molecule has 0 unspecified atom stereocenters. The van der Waals surface area contributed by atoms with E-state index >= 15 is 0 Å². The summed E-state index contributed by atoms with van der Waals surface area (Å²) in [5.41, 5.74) is 0.705. The quantitative estimate of drug-likeness (QED) is 0.838. The Morgan fingerprint density at radius 2 is 1.92 bits per heavy atom. The molecule has 1 saturated carbocycles. The molecule has 0 bridgehead atoms. The van der Waals surface area contributed by atoms with Crippen molar-refractivity contribution in [3.8, 4) is 0 Å². The van der Waals surface area contributed by atoms with Gasteiger partial charge in [0.1, 0.15) is 0 Å². The molecule has 1 amide bonds. The van der Waals surface area contributed by atoms with Gasteiger partial charge >= 0.3 is 5.97 Å². The van der Waals surface area contributed by atoms with E-state index in [1.54, 1.807) is 17.3 Å². The summed E-state index contributed by atoms with van der Waals surface area (Å²) in [5, 5.41) is 9.55. The Balaban J connectivity index is 1.57. The lowest BCUT2D eigenvalue weighted by molar-refractivity contribution is -0.142. The van der Waals surface area contributed by atoms with Gasteiger partial charge in [0.05, 0.1) is 25.2 Å². The Bertz CT molecular complexity index is 655. The lowest BCUT2D eigenvalue weighted by Gasteiger charge is -2.29. The van der Waals surface area contributed by atoms with Crippen LogP contribution in [0.5, 0.6) is 0 Å². The molecule has 1 N–H and O–H groups in total. The van der Waals surface area contributed by atoms with E-state index < -0.39 is 17.9 Å². The lowest BCUT2D eigenvalue weighted by atomic mass is 9.95. The number of aliphatic carboxylic acids is 1. The van der Waals surface area contributed by atoms with Gasteiger partial charge in [0.2, 0.25) is 11.9 Å². The van der Waals surface area contributed by atoms with E-state index in [9.17, 15) is 14.7 Å². The van der Waals surface area contributed by atoms with Gasteiger partial charge < -0.3 is 19.6 Å². The molecule has 0 spiro atoms. The van der Waals surface area contributed by atoms with Crippen molar-refractivity contribution in [1.29, 1.82) is 0 Å². The van der Waals surface area contributed by atoms with E-state index in [1.807, 2.05) is 4.90 Å². The van der Waals surface area contributed by atoms with Crippen LogP contribution in [0.1, 0.15) is 30.9 Å². The first kappa shape index (κ1) is 16.3. The molecule has 0 radical (unpaired) electrons. The molecule has 2 saturated heterocycles. The summed E-state index contributed by atoms with van der Waals surface area (Å²) in [6.07, 6.45) is 5.63. The van der Waals surface area contributed by atoms with Crippen molar-refractivity contribution < 1.29 is 19.4 Å². The Morgan fingerprint density at radius 3 is 2.52 bits per heavy atom. The van der Waals surface area contributed by atoms with Crippen LogP contribution in [-0.2, 0) is 14.3 Å². The molecule has 0 aromatic carbocycles. The van der Waals surface area contributed by atoms with Crippen LogP contribution < -0.4 is 4.90 Å². The third-order valence-corrected chi connectivity index (χ3v) is 5.19. The normalized spacial score (nSPS) is 27.0. The first-order valence-corrected chi connectivity index (χ1v) is 8.80. The van der Waals surface area contributed by atoms with Gasteiger partial charge in [-0.1, -0.05) is 0 Å². The summed E-state index contributed by atoms with van der Waals surface area (Å²) in [5.74, 6) is -0.621. The van der Waals surface area contributed by atoms with E-state index in [0.29, 0.717) is 37.2 Å². The van der Waals surface area contributed by atoms with E-state index in [1.165, 1.54) is 0 Å². The molecule has 1 aromatic rings. The van der Waals surface area contributed by atoms with Crippen LogP contribution in [0.3, 0.4) is 0 Å². The maximum Gasteiger partial charge on any atom is 0.309 e. The summed E-state index contributed by atoms with van der Waals surface area (Å²) >= 11 is 0. The van der Waals surface area contributed by atoms with Gasteiger partial charge in [0, 0.05) is 44.0 Å². The number of carboxylic acids is 1. The average molecular weight is 346 g/mol. The van der Waals surface area contributed by atoms with Crippen molar-refractivity contribution in [3.05, 3.63) is 18.0 Å². The highest BCUT2D eigenvalue weighted by Crippen LogP contribution is 2.41. The summed E-state index contributed by atoms with van der Waals surface area (Å²) in [6, 6.07) is -0.468. The number of nitrogens with zero attached hydrogens (tertiary/aromatic N) is 4. The molecule has 8 heteroatoms. The number of carbonyl (C=O) groups excluding carboxylic acids is 1. The van der Waals surface area contributed by atoms with Gasteiger partial charge in [0.25, 0.3) is 0 Å². The lowest BCUT2D eigenvalue weighted by Crippen LogP contribution is -2.37. The van der Waals surface area contributed by atoms with Gasteiger partial charge in [-0.15, -0.1) is 0 Å². The van der Waals surface area contributed by atoms with Gasteiger partial charge in [0.15, 0.2) is 0 Å². The zero-order valence-corrected chi connectivity index (χ0v) is 14.0. The van der Waals surface area contributed by atoms with Gasteiger partial charge in [-0.2, -0.15) is 0 Å². The fourth-order valence-electron chi connectivity index (χ4n) is 3.63. The van der Waals surface area contributed by atoms with Gasteiger partial charge in [-0.25, -0.2) is 9.97 Å². The van der Waals surface area contributed by atoms with Crippen molar-refractivity contribution in [1.82, 2.24) is 14.9 Å². The topological polar surface area (TPSA) is 95.9 Å². The predicted octanol–water partition coefficient (Wildman–Crippen LogP) is 0.697. The van der Waals surface area contributed by atoms with Crippen LogP contribution in [0.25, 0.3) is 0 Å². The van der Waals surface area contributed by atoms with Crippen LogP contribution in [0, 0.1) is 11.8 Å². The molecule has 25 heavy (non-hydrogen) atoms. The first-order valence-electron chi connectivity index (χ1n) is 8.80. The maximum atomic E-state index is 12.4. The molecule has 3 aliphatic rings. The Hall–Kier alpha value is -2.22. The highest BCUT2D eigenvalue weighted by Gasteiger charge is 2.46. The number of likely N-dealkylation sites (tertiary alicyclic amines) is 1. The van der Waals surface area contributed by atoms with Crippen molar-refractivity contribution in [2.75, 3.05) is 37.7 Å². The number of carbonyl (C=O) groups is 2. The summed E-state index contributed by atoms with van der Waals surface area (Å²) in [7, 11) is 0. The largest absolute Gasteiger partial charge is 0.481 e. The van der Waals surface area contributed by atoms with Gasteiger partial charge in [-0.05, 0) is 18.8 Å². The fraction of sp³-hybridized carbons (Fsp3) is 0.647. The molecule has 3 heterocycles. The number of hydrogen-bond donors (Lipinski definition) is 1. The SMILES string of the molecule is O=C(O)[C@H]1CC(=O)N(CC2CC2)[C@@H]1c1cnc(N2CCOCC2)nc1. The van der Waals surface area contributed by atoms with Crippen LogP contribution >= 0.6 is 0 Å². The van der Waals surface area contributed by atoms with Crippen LogP contribution in [0.2, 0.25) is 0 Å². The molecule has 2 aliphatic heterocycles. The number of morpholine rings is 1. The minimum atomic E-state index is -0.936. The molecule has 134 valence electrons. The Kier molecular flexibility index (Phi) is 4.29. The third-order valence-electron chi connectivity index (χ3n) is 5.19. The monoisotopic (exact) mass is 346 g/mol. The molecular weight excluding hydrogens is 324 g/mol. The predicted molar refractivity (Wildman–Crippen MR) is 88.0 cm³/mol. The standard InChI is InChI=1S/C17H22N4O4/c22-14-7-13(16(23)24)15(21(14)10-11-1-2-11)12-8-18-17(19-9-12)20-3-5-25-6-4-20/h8-9,11,13,15H,1-7,10H2,(H,23,24)/t13-,15+/m0/s1. The number of rotatable bonds is 5. The van der Waals surface area contributed by atoms with Crippen molar-refractivity contribution >= 4 is 17.8 Å². The highest BCUT2D eigenvalue weighted by atomic mass is 16.5. The number of aromatic nitrogens is 2. The maximum absolute atomic E-state index is 12.4. The molecule has 1 aliphatic carbocycles.